The van der Waals surface area contributed by atoms with Crippen molar-refractivity contribution in [2.75, 3.05) is 47.3 Å². The van der Waals surface area contributed by atoms with Gasteiger partial charge in [0.15, 0.2) is 0 Å². The maximum absolute atomic E-state index is 3.51. The lowest BCUT2D eigenvalue weighted by molar-refractivity contribution is 0.188. The molecule has 3 nitrogen and oxygen atoms in total. The molecule has 0 fully saturated rings. The zero-order valence-electron chi connectivity index (χ0n) is 12.8. The third-order valence-electron chi connectivity index (χ3n) is 3.53. The minimum atomic E-state index is 0.654. The summed E-state index contributed by atoms with van der Waals surface area (Å²) in [6.07, 6.45) is 2.47. The predicted molar refractivity (Wildman–Crippen MR) is 77.6 cm³/mol. The highest BCUT2D eigenvalue weighted by Crippen LogP contribution is 2.08. The molecule has 104 valence electrons. The van der Waals surface area contributed by atoms with Crippen molar-refractivity contribution in [3.05, 3.63) is 0 Å². The van der Waals surface area contributed by atoms with Gasteiger partial charge < -0.3 is 15.1 Å². The summed E-state index contributed by atoms with van der Waals surface area (Å²) in [5.41, 5.74) is 0. The van der Waals surface area contributed by atoms with Gasteiger partial charge in [0.25, 0.3) is 0 Å². The van der Waals surface area contributed by atoms with Crippen molar-refractivity contribution in [2.24, 2.45) is 5.92 Å². The fourth-order valence-corrected chi connectivity index (χ4v) is 1.95. The predicted octanol–water partition coefficient (Wildman–Crippen LogP) is 1.89. The van der Waals surface area contributed by atoms with E-state index in [2.05, 4.69) is 57.0 Å². The normalized spacial score (nSPS) is 15.5. The van der Waals surface area contributed by atoms with Crippen LogP contribution in [0, 0.1) is 5.92 Å². The highest BCUT2D eigenvalue weighted by Gasteiger charge is 2.16. The van der Waals surface area contributed by atoms with Gasteiger partial charge in [0.1, 0.15) is 0 Å². The summed E-state index contributed by atoms with van der Waals surface area (Å²) >= 11 is 0. The minimum Gasteiger partial charge on any atom is -0.316 e. The molecule has 1 N–H and O–H groups in total. The van der Waals surface area contributed by atoms with E-state index in [1.165, 1.54) is 25.9 Å². The Morgan fingerprint density at radius 1 is 1.06 bits per heavy atom. The molecule has 17 heavy (non-hydrogen) atoms. The van der Waals surface area contributed by atoms with E-state index in [4.69, 9.17) is 0 Å². The summed E-state index contributed by atoms with van der Waals surface area (Å²) in [4.78, 5) is 4.74. The standard InChI is InChI=1S/C14H33N3/c1-7-9-15-12-13(2)14(3)17(6)11-8-10-16(4)5/h13-15H,7-12H2,1-6H3. The van der Waals surface area contributed by atoms with Gasteiger partial charge >= 0.3 is 0 Å². The lowest BCUT2D eigenvalue weighted by Crippen LogP contribution is -2.40. The van der Waals surface area contributed by atoms with Crippen LogP contribution >= 0.6 is 0 Å². The van der Waals surface area contributed by atoms with E-state index in [1.54, 1.807) is 0 Å². The molecule has 0 rings (SSSR count). The second-order valence-corrected chi connectivity index (χ2v) is 5.56. The number of rotatable bonds is 10. The van der Waals surface area contributed by atoms with Gasteiger partial charge in [0.2, 0.25) is 0 Å². The Morgan fingerprint density at radius 3 is 2.24 bits per heavy atom. The molecule has 0 aromatic rings. The monoisotopic (exact) mass is 243 g/mol. The number of hydrogen-bond donors (Lipinski definition) is 1. The molecular formula is C14H33N3. The summed E-state index contributed by atoms with van der Waals surface area (Å²) in [6.45, 7) is 11.5. The van der Waals surface area contributed by atoms with E-state index in [1.807, 2.05) is 0 Å². The lowest BCUT2D eigenvalue weighted by atomic mass is 10.0. The molecular weight excluding hydrogens is 210 g/mol. The van der Waals surface area contributed by atoms with Crippen molar-refractivity contribution in [2.45, 2.75) is 39.7 Å². The van der Waals surface area contributed by atoms with Gasteiger partial charge in [-0.15, -0.1) is 0 Å². The van der Waals surface area contributed by atoms with Crippen molar-refractivity contribution < 1.29 is 0 Å². The van der Waals surface area contributed by atoms with Gasteiger partial charge in [0, 0.05) is 6.04 Å². The van der Waals surface area contributed by atoms with Crippen molar-refractivity contribution in [1.29, 1.82) is 0 Å². The fourth-order valence-electron chi connectivity index (χ4n) is 1.95. The summed E-state index contributed by atoms with van der Waals surface area (Å²) in [6, 6.07) is 0.654. The molecule has 0 aliphatic heterocycles. The Balaban J connectivity index is 3.73. The average Bonchev–Trinajstić information content (AvgIpc) is 2.27. The molecule has 0 saturated heterocycles. The van der Waals surface area contributed by atoms with Crippen LogP contribution in [-0.2, 0) is 0 Å². The first kappa shape index (κ1) is 16.9. The van der Waals surface area contributed by atoms with Crippen LogP contribution in [0.3, 0.4) is 0 Å². The van der Waals surface area contributed by atoms with Crippen LogP contribution in [0.1, 0.15) is 33.6 Å². The highest BCUT2D eigenvalue weighted by atomic mass is 15.1. The van der Waals surface area contributed by atoms with Crippen LogP contribution in [-0.4, -0.2) is 63.2 Å². The molecule has 0 radical (unpaired) electrons. The van der Waals surface area contributed by atoms with E-state index in [0.29, 0.717) is 12.0 Å². The molecule has 3 heteroatoms. The zero-order valence-corrected chi connectivity index (χ0v) is 12.8. The van der Waals surface area contributed by atoms with Crippen molar-refractivity contribution in [3.8, 4) is 0 Å². The smallest absolute Gasteiger partial charge is 0.0102 e. The second kappa shape index (κ2) is 9.86. The van der Waals surface area contributed by atoms with Gasteiger partial charge in [-0.1, -0.05) is 13.8 Å². The molecule has 0 heterocycles. The summed E-state index contributed by atoms with van der Waals surface area (Å²) in [5, 5.41) is 3.51. The van der Waals surface area contributed by atoms with Gasteiger partial charge in [0.05, 0.1) is 0 Å². The average molecular weight is 243 g/mol. The molecule has 0 saturated carbocycles. The van der Waals surface area contributed by atoms with Crippen molar-refractivity contribution in [1.82, 2.24) is 15.1 Å². The zero-order chi connectivity index (χ0) is 13.3. The third kappa shape index (κ3) is 8.58. The van der Waals surface area contributed by atoms with E-state index in [0.717, 1.165) is 13.1 Å². The van der Waals surface area contributed by atoms with Crippen LogP contribution in [0.25, 0.3) is 0 Å². The fraction of sp³-hybridized carbons (Fsp3) is 1.00. The third-order valence-corrected chi connectivity index (χ3v) is 3.53. The van der Waals surface area contributed by atoms with Crippen molar-refractivity contribution >= 4 is 0 Å². The topological polar surface area (TPSA) is 18.5 Å². The van der Waals surface area contributed by atoms with Gasteiger partial charge in [-0.2, -0.15) is 0 Å². The Hall–Kier alpha value is -0.120. The van der Waals surface area contributed by atoms with Gasteiger partial charge in [-0.05, 0) is 73.0 Å². The van der Waals surface area contributed by atoms with Crippen LogP contribution < -0.4 is 5.32 Å². The van der Waals surface area contributed by atoms with Crippen LogP contribution in [0.5, 0.6) is 0 Å². The van der Waals surface area contributed by atoms with Crippen LogP contribution in [0.4, 0.5) is 0 Å². The maximum atomic E-state index is 3.51. The van der Waals surface area contributed by atoms with Gasteiger partial charge in [-0.3, -0.25) is 0 Å². The van der Waals surface area contributed by atoms with E-state index in [9.17, 15) is 0 Å². The SMILES string of the molecule is CCCNCC(C)C(C)N(C)CCCN(C)C. The Labute approximate surface area is 109 Å². The first-order valence-electron chi connectivity index (χ1n) is 7.04. The second-order valence-electron chi connectivity index (χ2n) is 5.56. The first-order valence-corrected chi connectivity index (χ1v) is 7.04. The molecule has 2 atom stereocenters. The molecule has 0 amide bonds. The van der Waals surface area contributed by atoms with Gasteiger partial charge in [-0.25, -0.2) is 0 Å². The molecule has 0 aromatic heterocycles. The molecule has 0 aliphatic carbocycles. The lowest BCUT2D eigenvalue weighted by Gasteiger charge is -2.30. The minimum absolute atomic E-state index is 0.654. The number of hydrogen-bond acceptors (Lipinski definition) is 3. The molecule has 0 spiro atoms. The Bertz CT molecular complexity index is 171. The largest absolute Gasteiger partial charge is 0.316 e. The maximum Gasteiger partial charge on any atom is 0.0102 e. The number of nitrogens with one attached hydrogen (secondary N) is 1. The Kier molecular flexibility index (Phi) is 9.79. The highest BCUT2D eigenvalue weighted by molar-refractivity contribution is 4.72. The molecule has 2 unspecified atom stereocenters. The van der Waals surface area contributed by atoms with E-state index in [-0.39, 0.29) is 0 Å². The van der Waals surface area contributed by atoms with Crippen LogP contribution in [0.2, 0.25) is 0 Å². The molecule has 0 aliphatic rings. The molecule has 0 bridgehead atoms. The first-order chi connectivity index (χ1) is 7.99. The van der Waals surface area contributed by atoms with Crippen molar-refractivity contribution in [3.63, 3.8) is 0 Å². The van der Waals surface area contributed by atoms with E-state index < -0.39 is 0 Å². The summed E-state index contributed by atoms with van der Waals surface area (Å²) in [5.74, 6) is 0.714. The summed E-state index contributed by atoms with van der Waals surface area (Å²) < 4.78 is 0. The molecule has 0 aromatic carbocycles. The van der Waals surface area contributed by atoms with E-state index >= 15 is 0 Å². The number of nitrogens with zero attached hydrogens (tertiary/aromatic N) is 2. The summed E-state index contributed by atoms with van der Waals surface area (Å²) in [7, 11) is 6.53. The Morgan fingerprint density at radius 2 is 1.71 bits per heavy atom. The quantitative estimate of drug-likeness (QED) is 0.591. The van der Waals surface area contributed by atoms with Crippen LogP contribution in [0.15, 0.2) is 0 Å².